The Hall–Kier alpha value is -2.20. The molecule has 0 saturated carbocycles. The lowest BCUT2D eigenvalue weighted by Gasteiger charge is -2.22. The Kier molecular flexibility index (Phi) is 4.26. The van der Waals surface area contributed by atoms with Crippen LogP contribution in [0.4, 0.5) is 10.1 Å². The van der Waals surface area contributed by atoms with E-state index in [0.717, 1.165) is 11.3 Å². The van der Waals surface area contributed by atoms with Crippen molar-refractivity contribution in [3.8, 4) is 0 Å². The third-order valence-electron chi connectivity index (χ3n) is 2.80. The predicted molar refractivity (Wildman–Crippen MR) is 73.1 cm³/mol. The number of hydrogen-bond donors (Lipinski definition) is 1. The second-order valence-corrected chi connectivity index (χ2v) is 4.15. The van der Waals surface area contributed by atoms with Crippen LogP contribution in [0.5, 0.6) is 0 Å². The van der Waals surface area contributed by atoms with Gasteiger partial charge in [-0.3, -0.25) is 4.79 Å². The standard InChI is InChI=1S/C15H15FN2O/c16-13-8-6-12(7-9-13)11-18(15(19)10-17)14-4-2-1-3-5-14/h1-9H,10-11,17H2. The van der Waals surface area contributed by atoms with Crippen molar-refractivity contribution in [1.82, 2.24) is 0 Å². The highest BCUT2D eigenvalue weighted by Crippen LogP contribution is 2.17. The predicted octanol–water partition coefficient (Wildman–Crippen LogP) is 2.32. The zero-order chi connectivity index (χ0) is 13.7. The summed E-state index contributed by atoms with van der Waals surface area (Å²) in [6.07, 6.45) is 0. The largest absolute Gasteiger partial charge is 0.322 e. The van der Waals surface area contributed by atoms with Crippen molar-refractivity contribution in [3.05, 3.63) is 66.0 Å². The Morgan fingerprint density at radius 2 is 1.68 bits per heavy atom. The summed E-state index contributed by atoms with van der Waals surface area (Å²) in [5.74, 6) is -0.462. The summed E-state index contributed by atoms with van der Waals surface area (Å²) < 4.78 is 12.9. The highest BCUT2D eigenvalue weighted by molar-refractivity contribution is 5.94. The molecule has 0 atom stereocenters. The molecule has 0 saturated heterocycles. The van der Waals surface area contributed by atoms with Crippen molar-refractivity contribution in [2.45, 2.75) is 6.54 Å². The van der Waals surface area contributed by atoms with E-state index >= 15 is 0 Å². The summed E-state index contributed by atoms with van der Waals surface area (Å²) in [6, 6.07) is 15.4. The molecule has 0 aliphatic heterocycles. The van der Waals surface area contributed by atoms with Crippen LogP contribution in [-0.4, -0.2) is 12.5 Å². The number of nitrogens with two attached hydrogens (primary N) is 1. The molecule has 0 radical (unpaired) electrons. The first kappa shape index (κ1) is 13.2. The van der Waals surface area contributed by atoms with Gasteiger partial charge in [-0.05, 0) is 29.8 Å². The van der Waals surface area contributed by atoms with Gasteiger partial charge in [-0.2, -0.15) is 0 Å². The number of amides is 1. The van der Waals surface area contributed by atoms with Crippen LogP contribution in [0.2, 0.25) is 0 Å². The van der Waals surface area contributed by atoms with Gasteiger partial charge < -0.3 is 10.6 Å². The maximum absolute atomic E-state index is 12.9. The van der Waals surface area contributed by atoms with Gasteiger partial charge in [0.15, 0.2) is 0 Å². The van der Waals surface area contributed by atoms with E-state index in [1.807, 2.05) is 30.3 Å². The van der Waals surface area contributed by atoms with Gasteiger partial charge in [0.1, 0.15) is 5.82 Å². The Labute approximate surface area is 111 Å². The first-order valence-electron chi connectivity index (χ1n) is 6.00. The minimum atomic E-state index is -0.292. The molecule has 4 heteroatoms. The molecule has 19 heavy (non-hydrogen) atoms. The van der Waals surface area contributed by atoms with Crippen molar-refractivity contribution in [3.63, 3.8) is 0 Å². The molecular formula is C15H15FN2O. The molecule has 1 amide bonds. The number of benzene rings is 2. The summed E-state index contributed by atoms with van der Waals surface area (Å²) in [7, 11) is 0. The monoisotopic (exact) mass is 258 g/mol. The highest BCUT2D eigenvalue weighted by Gasteiger charge is 2.14. The fourth-order valence-corrected chi connectivity index (χ4v) is 1.81. The quantitative estimate of drug-likeness (QED) is 0.914. The van der Waals surface area contributed by atoms with Crippen LogP contribution in [0.1, 0.15) is 5.56 Å². The average Bonchev–Trinajstić information content (AvgIpc) is 2.47. The maximum Gasteiger partial charge on any atom is 0.241 e. The Morgan fingerprint density at radius 1 is 1.05 bits per heavy atom. The molecule has 0 bridgehead atoms. The van der Waals surface area contributed by atoms with E-state index < -0.39 is 0 Å². The van der Waals surface area contributed by atoms with Gasteiger partial charge in [0.25, 0.3) is 0 Å². The number of hydrogen-bond acceptors (Lipinski definition) is 2. The summed E-state index contributed by atoms with van der Waals surface area (Å²) in [6.45, 7) is 0.316. The normalized spacial score (nSPS) is 10.2. The third-order valence-corrected chi connectivity index (χ3v) is 2.80. The molecule has 2 N–H and O–H groups in total. The Morgan fingerprint density at radius 3 is 2.26 bits per heavy atom. The molecule has 0 spiro atoms. The molecule has 0 aliphatic rings. The maximum atomic E-state index is 12.9. The number of halogens is 1. The van der Waals surface area contributed by atoms with Crippen LogP contribution in [0.25, 0.3) is 0 Å². The lowest BCUT2D eigenvalue weighted by molar-refractivity contribution is -0.117. The van der Waals surface area contributed by atoms with Gasteiger partial charge in [-0.25, -0.2) is 4.39 Å². The van der Waals surface area contributed by atoms with Gasteiger partial charge in [-0.1, -0.05) is 30.3 Å². The minimum Gasteiger partial charge on any atom is -0.322 e. The molecule has 2 aromatic carbocycles. The number of nitrogens with zero attached hydrogens (tertiary/aromatic N) is 1. The number of carbonyl (C=O) groups is 1. The Bertz CT molecular complexity index is 540. The van der Waals surface area contributed by atoms with E-state index in [1.54, 1.807) is 17.0 Å². The molecule has 0 fully saturated rings. The van der Waals surface area contributed by atoms with Crippen LogP contribution in [0.15, 0.2) is 54.6 Å². The van der Waals surface area contributed by atoms with Crippen molar-refractivity contribution in [2.24, 2.45) is 5.73 Å². The molecule has 0 heterocycles. The summed E-state index contributed by atoms with van der Waals surface area (Å²) in [5, 5.41) is 0. The van der Waals surface area contributed by atoms with Gasteiger partial charge in [0.2, 0.25) is 5.91 Å². The van der Waals surface area contributed by atoms with E-state index in [0.29, 0.717) is 6.54 Å². The SMILES string of the molecule is NCC(=O)N(Cc1ccc(F)cc1)c1ccccc1. The fourth-order valence-electron chi connectivity index (χ4n) is 1.81. The van der Waals surface area contributed by atoms with Crippen molar-refractivity contribution in [2.75, 3.05) is 11.4 Å². The van der Waals surface area contributed by atoms with E-state index in [-0.39, 0.29) is 18.3 Å². The van der Waals surface area contributed by atoms with Crippen LogP contribution >= 0.6 is 0 Å². The number of para-hydroxylation sites is 1. The third kappa shape index (κ3) is 3.39. The van der Waals surface area contributed by atoms with E-state index in [4.69, 9.17) is 5.73 Å². The first-order chi connectivity index (χ1) is 9.20. The van der Waals surface area contributed by atoms with Crippen molar-refractivity contribution in [1.29, 1.82) is 0 Å². The molecular weight excluding hydrogens is 243 g/mol. The molecule has 0 aromatic heterocycles. The second-order valence-electron chi connectivity index (χ2n) is 4.15. The Balaban J connectivity index is 2.24. The summed E-state index contributed by atoms with van der Waals surface area (Å²) in [5.41, 5.74) is 7.07. The van der Waals surface area contributed by atoms with Gasteiger partial charge in [0, 0.05) is 5.69 Å². The molecule has 3 nitrogen and oxygen atoms in total. The summed E-state index contributed by atoms with van der Waals surface area (Å²) >= 11 is 0. The number of rotatable bonds is 4. The van der Waals surface area contributed by atoms with E-state index in [1.165, 1.54) is 12.1 Å². The average molecular weight is 258 g/mol. The second kappa shape index (κ2) is 6.11. The molecule has 2 aromatic rings. The molecule has 2 rings (SSSR count). The lowest BCUT2D eigenvalue weighted by Crippen LogP contribution is -2.35. The number of anilines is 1. The van der Waals surface area contributed by atoms with Gasteiger partial charge in [0.05, 0.1) is 13.1 Å². The van der Waals surface area contributed by atoms with E-state index in [2.05, 4.69) is 0 Å². The van der Waals surface area contributed by atoms with Gasteiger partial charge in [-0.15, -0.1) is 0 Å². The zero-order valence-electron chi connectivity index (χ0n) is 10.4. The minimum absolute atomic E-state index is 0.0594. The fraction of sp³-hybridized carbons (Fsp3) is 0.133. The number of carbonyl (C=O) groups excluding carboxylic acids is 1. The smallest absolute Gasteiger partial charge is 0.241 e. The first-order valence-corrected chi connectivity index (χ1v) is 6.00. The highest BCUT2D eigenvalue weighted by atomic mass is 19.1. The summed E-state index contributed by atoms with van der Waals surface area (Å²) in [4.78, 5) is 13.5. The zero-order valence-corrected chi connectivity index (χ0v) is 10.4. The van der Waals surface area contributed by atoms with E-state index in [9.17, 15) is 9.18 Å². The van der Waals surface area contributed by atoms with Crippen molar-refractivity contribution >= 4 is 11.6 Å². The van der Waals surface area contributed by atoms with Gasteiger partial charge >= 0.3 is 0 Å². The van der Waals surface area contributed by atoms with Crippen LogP contribution in [0.3, 0.4) is 0 Å². The van der Waals surface area contributed by atoms with Crippen LogP contribution < -0.4 is 10.6 Å². The molecule has 0 unspecified atom stereocenters. The van der Waals surface area contributed by atoms with Crippen LogP contribution in [-0.2, 0) is 11.3 Å². The lowest BCUT2D eigenvalue weighted by atomic mass is 10.2. The molecule has 98 valence electrons. The topological polar surface area (TPSA) is 46.3 Å². The van der Waals surface area contributed by atoms with Crippen molar-refractivity contribution < 1.29 is 9.18 Å². The molecule has 0 aliphatic carbocycles. The van der Waals surface area contributed by atoms with Crippen LogP contribution in [0, 0.1) is 5.82 Å².